The molecule has 1 aliphatic rings. The lowest BCUT2D eigenvalue weighted by molar-refractivity contribution is -0.183. The summed E-state index contributed by atoms with van der Waals surface area (Å²) < 4.78 is 11.2. The first kappa shape index (κ1) is 14.5. The van der Waals surface area contributed by atoms with E-state index < -0.39 is 0 Å². The van der Waals surface area contributed by atoms with Crippen LogP contribution >= 0.6 is 0 Å². The fraction of sp³-hybridized carbons (Fsp3) is 0.625. The van der Waals surface area contributed by atoms with Gasteiger partial charge in [-0.25, -0.2) is 0 Å². The molecule has 0 amide bonds. The van der Waals surface area contributed by atoms with Crippen molar-refractivity contribution in [3.63, 3.8) is 0 Å². The SMILES string of the molecule is CC(C)N(CCC1OCCCO1)Cc1ccccc1. The lowest BCUT2D eigenvalue weighted by atomic mass is 10.2. The van der Waals surface area contributed by atoms with Gasteiger partial charge in [0.25, 0.3) is 0 Å². The highest BCUT2D eigenvalue weighted by Crippen LogP contribution is 2.13. The van der Waals surface area contributed by atoms with Crippen molar-refractivity contribution < 1.29 is 9.47 Å². The monoisotopic (exact) mass is 263 g/mol. The minimum atomic E-state index is -0.00854. The van der Waals surface area contributed by atoms with Crippen LogP contribution in [-0.2, 0) is 16.0 Å². The largest absolute Gasteiger partial charge is 0.353 e. The summed E-state index contributed by atoms with van der Waals surface area (Å²) >= 11 is 0. The number of nitrogens with zero attached hydrogens (tertiary/aromatic N) is 1. The summed E-state index contributed by atoms with van der Waals surface area (Å²) in [5, 5.41) is 0. The van der Waals surface area contributed by atoms with Crippen molar-refractivity contribution >= 4 is 0 Å². The van der Waals surface area contributed by atoms with Crippen LogP contribution in [0, 0.1) is 0 Å². The van der Waals surface area contributed by atoms with Crippen molar-refractivity contribution in [2.45, 2.75) is 45.6 Å². The van der Waals surface area contributed by atoms with Crippen molar-refractivity contribution in [1.29, 1.82) is 0 Å². The molecule has 3 nitrogen and oxygen atoms in total. The summed E-state index contributed by atoms with van der Waals surface area (Å²) in [6.07, 6.45) is 1.96. The topological polar surface area (TPSA) is 21.7 Å². The summed E-state index contributed by atoms with van der Waals surface area (Å²) in [4.78, 5) is 2.47. The molecule has 0 N–H and O–H groups in total. The predicted molar refractivity (Wildman–Crippen MR) is 76.9 cm³/mol. The van der Waals surface area contributed by atoms with Gasteiger partial charge in [0, 0.05) is 25.6 Å². The Labute approximate surface area is 116 Å². The van der Waals surface area contributed by atoms with Crippen molar-refractivity contribution in [1.82, 2.24) is 4.90 Å². The van der Waals surface area contributed by atoms with Gasteiger partial charge >= 0.3 is 0 Å². The second-order valence-corrected chi connectivity index (χ2v) is 5.36. The van der Waals surface area contributed by atoms with Gasteiger partial charge in [-0.05, 0) is 25.8 Å². The molecule has 19 heavy (non-hydrogen) atoms. The first-order valence-electron chi connectivity index (χ1n) is 7.27. The van der Waals surface area contributed by atoms with E-state index in [4.69, 9.17) is 9.47 Å². The number of hydrogen-bond donors (Lipinski definition) is 0. The van der Waals surface area contributed by atoms with Gasteiger partial charge in [0.15, 0.2) is 6.29 Å². The van der Waals surface area contributed by atoms with Crippen molar-refractivity contribution in [3.8, 4) is 0 Å². The van der Waals surface area contributed by atoms with E-state index in [0.717, 1.165) is 39.1 Å². The summed E-state index contributed by atoms with van der Waals surface area (Å²) in [5.74, 6) is 0. The van der Waals surface area contributed by atoms with Crippen LogP contribution in [-0.4, -0.2) is 37.0 Å². The van der Waals surface area contributed by atoms with E-state index in [0.29, 0.717) is 6.04 Å². The first-order chi connectivity index (χ1) is 9.25. The van der Waals surface area contributed by atoms with Crippen LogP contribution in [0.4, 0.5) is 0 Å². The van der Waals surface area contributed by atoms with Gasteiger partial charge in [-0.3, -0.25) is 4.90 Å². The second-order valence-electron chi connectivity index (χ2n) is 5.36. The zero-order chi connectivity index (χ0) is 13.5. The maximum atomic E-state index is 5.61. The molecular weight excluding hydrogens is 238 g/mol. The standard InChI is InChI=1S/C16H25NO2/c1-14(2)17(13-15-7-4-3-5-8-15)10-9-16-18-11-6-12-19-16/h3-5,7-8,14,16H,6,9-13H2,1-2H3. The summed E-state index contributed by atoms with van der Waals surface area (Å²) in [6.45, 7) is 8.16. The minimum absolute atomic E-state index is 0.00854. The Hall–Kier alpha value is -0.900. The van der Waals surface area contributed by atoms with E-state index >= 15 is 0 Å². The van der Waals surface area contributed by atoms with E-state index in [9.17, 15) is 0 Å². The fourth-order valence-corrected chi connectivity index (χ4v) is 2.31. The number of hydrogen-bond acceptors (Lipinski definition) is 3. The molecule has 0 aliphatic carbocycles. The summed E-state index contributed by atoms with van der Waals surface area (Å²) in [5.41, 5.74) is 1.36. The van der Waals surface area contributed by atoms with Crippen LogP contribution in [0.15, 0.2) is 30.3 Å². The minimum Gasteiger partial charge on any atom is -0.353 e. The zero-order valence-electron chi connectivity index (χ0n) is 12.0. The summed E-state index contributed by atoms with van der Waals surface area (Å²) in [6, 6.07) is 11.2. The Balaban J connectivity index is 1.82. The first-order valence-corrected chi connectivity index (χ1v) is 7.27. The molecule has 1 fully saturated rings. The van der Waals surface area contributed by atoms with Crippen molar-refractivity contribution in [3.05, 3.63) is 35.9 Å². The highest BCUT2D eigenvalue weighted by atomic mass is 16.7. The molecule has 0 saturated carbocycles. The van der Waals surface area contributed by atoms with Crippen LogP contribution < -0.4 is 0 Å². The Morgan fingerprint density at radius 3 is 2.47 bits per heavy atom. The number of rotatable bonds is 6. The Morgan fingerprint density at radius 1 is 1.16 bits per heavy atom. The Morgan fingerprint density at radius 2 is 1.84 bits per heavy atom. The number of benzene rings is 1. The van der Waals surface area contributed by atoms with Crippen LogP contribution in [0.25, 0.3) is 0 Å². The average Bonchev–Trinajstić information content (AvgIpc) is 2.45. The van der Waals surface area contributed by atoms with E-state index in [1.54, 1.807) is 0 Å². The number of ether oxygens (including phenoxy) is 2. The molecule has 0 radical (unpaired) electrons. The normalized spacial score (nSPS) is 17.3. The van der Waals surface area contributed by atoms with Gasteiger partial charge in [0.2, 0.25) is 0 Å². The maximum Gasteiger partial charge on any atom is 0.158 e. The lowest BCUT2D eigenvalue weighted by Crippen LogP contribution is -2.35. The van der Waals surface area contributed by atoms with Crippen LogP contribution in [0.3, 0.4) is 0 Å². The molecule has 1 aromatic rings. The van der Waals surface area contributed by atoms with Crippen molar-refractivity contribution in [2.24, 2.45) is 0 Å². The van der Waals surface area contributed by atoms with Crippen molar-refractivity contribution in [2.75, 3.05) is 19.8 Å². The van der Waals surface area contributed by atoms with Gasteiger partial charge in [0.1, 0.15) is 0 Å². The highest BCUT2D eigenvalue weighted by molar-refractivity contribution is 5.14. The molecular formula is C16H25NO2. The quantitative estimate of drug-likeness (QED) is 0.787. The van der Waals surface area contributed by atoms with E-state index in [1.807, 2.05) is 0 Å². The van der Waals surface area contributed by atoms with Gasteiger partial charge in [-0.15, -0.1) is 0 Å². The lowest BCUT2D eigenvalue weighted by Gasteiger charge is -2.30. The van der Waals surface area contributed by atoms with E-state index in [1.165, 1.54) is 5.56 Å². The predicted octanol–water partition coefficient (Wildman–Crippen LogP) is 3.05. The molecule has 2 rings (SSSR count). The second kappa shape index (κ2) is 7.63. The molecule has 0 bridgehead atoms. The van der Waals surface area contributed by atoms with E-state index in [2.05, 4.69) is 49.1 Å². The molecule has 1 aromatic carbocycles. The molecule has 1 heterocycles. The van der Waals surface area contributed by atoms with Crippen LogP contribution in [0.1, 0.15) is 32.3 Å². The molecule has 0 aromatic heterocycles. The summed E-state index contributed by atoms with van der Waals surface area (Å²) in [7, 11) is 0. The third kappa shape index (κ3) is 4.94. The smallest absolute Gasteiger partial charge is 0.158 e. The molecule has 0 unspecified atom stereocenters. The van der Waals surface area contributed by atoms with Gasteiger partial charge < -0.3 is 9.47 Å². The Kier molecular flexibility index (Phi) is 5.83. The zero-order valence-corrected chi connectivity index (χ0v) is 12.0. The molecule has 106 valence electrons. The third-order valence-corrected chi connectivity index (χ3v) is 3.51. The molecule has 1 aliphatic heterocycles. The van der Waals surface area contributed by atoms with Gasteiger partial charge in [0.05, 0.1) is 13.2 Å². The highest BCUT2D eigenvalue weighted by Gasteiger charge is 2.17. The Bertz CT molecular complexity index is 347. The van der Waals surface area contributed by atoms with Gasteiger partial charge in [-0.1, -0.05) is 30.3 Å². The average molecular weight is 263 g/mol. The molecule has 0 spiro atoms. The van der Waals surface area contributed by atoms with Gasteiger partial charge in [-0.2, -0.15) is 0 Å². The van der Waals surface area contributed by atoms with Crippen LogP contribution in [0.2, 0.25) is 0 Å². The third-order valence-electron chi connectivity index (χ3n) is 3.51. The maximum absolute atomic E-state index is 5.61. The van der Waals surface area contributed by atoms with Crippen LogP contribution in [0.5, 0.6) is 0 Å². The fourth-order valence-electron chi connectivity index (χ4n) is 2.31. The molecule has 1 saturated heterocycles. The molecule has 0 atom stereocenters. The molecule has 3 heteroatoms. The van der Waals surface area contributed by atoms with E-state index in [-0.39, 0.29) is 6.29 Å².